The Morgan fingerprint density at radius 3 is 2.48 bits per heavy atom. The number of fused-ring (bicyclic) bond motifs is 1. The van der Waals surface area contributed by atoms with E-state index < -0.39 is 6.04 Å². The van der Waals surface area contributed by atoms with Crippen molar-refractivity contribution in [2.75, 3.05) is 5.32 Å². The number of furan rings is 1. The van der Waals surface area contributed by atoms with E-state index in [1.807, 2.05) is 55.5 Å². The molecule has 1 N–H and O–H groups in total. The van der Waals surface area contributed by atoms with Gasteiger partial charge in [0.2, 0.25) is 0 Å². The van der Waals surface area contributed by atoms with E-state index in [1.165, 1.54) is 28.7 Å². The number of nitrogens with zero attached hydrogens (tertiary/aromatic N) is 4. The van der Waals surface area contributed by atoms with Crippen molar-refractivity contribution < 1.29 is 9.21 Å². The van der Waals surface area contributed by atoms with Gasteiger partial charge in [0, 0.05) is 24.2 Å². The van der Waals surface area contributed by atoms with E-state index >= 15 is 0 Å². The SMILES string of the molecule is CC1=C(C(=O)Nc2ccccc2)[C@@H](c2ccc(C(C)C)cc2)n2c(s/c(=C/c3ccc(Sc4ncccn4)o3)c2=O)=N1. The summed E-state index contributed by atoms with van der Waals surface area (Å²) in [6, 6.07) is 22.1. The zero-order chi connectivity index (χ0) is 29.2. The van der Waals surface area contributed by atoms with Crippen molar-refractivity contribution in [2.45, 2.75) is 43.0 Å². The lowest BCUT2D eigenvalue weighted by molar-refractivity contribution is -0.113. The van der Waals surface area contributed by atoms with Gasteiger partial charge in [-0.3, -0.25) is 14.2 Å². The summed E-state index contributed by atoms with van der Waals surface area (Å²) in [5, 5.41) is 4.16. The van der Waals surface area contributed by atoms with Crippen LogP contribution in [-0.2, 0) is 4.79 Å². The third-order valence-electron chi connectivity index (χ3n) is 6.83. The molecule has 0 bridgehead atoms. The van der Waals surface area contributed by atoms with Crippen molar-refractivity contribution >= 4 is 40.8 Å². The molecule has 3 aromatic heterocycles. The third kappa shape index (κ3) is 5.63. The monoisotopic (exact) mass is 593 g/mol. The summed E-state index contributed by atoms with van der Waals surface area (Å²) in [7, 11) is 0. The Morgan fingerprint density at radius 2 is 1.76 bits per heavy atom. The largest absolute Gasteiger partial charge is 0.450 e. The first-order valence-corrected chi connectivity index (χ1v) is 15.0. The highest BCUT2D eigenvalue weighted by atomic mass is 32.2. The smallest absolute Gasteiger partial charge is 0.271 e. The number of aromatic nitrogens is 3. The minimum atomic E-state index is -0.647. The number of carbonyl (C=O) groups excluding carboxylic acids is 1. The van der Waals surface area contributed by atoms with Gasteiger partial charge in [-0.05, 0) is 66.1 Å². The van der Waals surface area contributed by atoms with Gasteiger partial charge in [-0.2, -0.15) is 0 Å². The van der Waals surface area contributed by atoms with Gasteiger partial charge in [0.1, 0.15) is 5.76 Å². The van der Waals surface area contributed by atoms with Crippen molar-refractivity contribution in [3.05, 3.63) is 133 Å². The number of rotatable bonds is 7. The van der Waals surface area contributed by atoms with E-state index in [4.69, 9.17) is 9.41 Å². The molecular weight excluding hydrogens is 567 g/mol. The van der Waals surface area contributed by atoms with Crippen LogP contribution in [0.1, 0.15) is 49.6 Å². The number of amides is 1. The number of anilines is 1. The molecule has 8 nitrogen and oxygen atoms in total. The molecule has 4 heterocycles. The molecule has 0 aliphatic carbocycles. The van der Waals surface area contributed by atoms with Crippen molar-refractivity contribution in [3.63, 3.8) is 0 Å². The van der Waals surface area contributed by atoms with Gasteiger partial charge in [0.15, 0.2) is 15.1 Å². The quantitative estimate of drug-likeness (QED) is 0.249. The third-order valence-corrected chi connectivity index (χ3v) is 8.62. The molecule has 42 heavy (non-hydrogen) atoms. The molecule has 2 aromatic carbocycles. The maximum Gasteiger partial charge on any atom is 0.271 e. The maximum atomic E-state index is 14.0. The normalized spacial score (nSPS) is 15.0. The topological polar surface area (TPSA) is 102 Å². The Kier molecular flexibility index (Phi) is 7.73. The van der Waals surface area contributed by atoms with Crippen LogP contribution in [0.2, 0.25) is 0 Å². The summed E-state index contributed by atoms with van der Waals surface area (Å²) in [4.78, 5) is 41.4. The summed E-state index contributed by atoms with van der Waals surface area (Å²) in [6.07, 6.45) is 5.05. The molecule has 210 valence electrons. The van der Waals surface area contributed by atoms with Crippen LogP contribution in [-0.4, -0.2) is 20.4 Å². The Balaban J connectivity index is 1.42. The van der Waals surface area contributed by atoms with Crippen LogP contribution in [0.4, 0.5) is 5.69 Å². The summed E-state index contributed by atoms with van der Waals surface area (Å²) in [5.74, 6) is 0.573. The van der Waals surface area contributed by atoms with E-state index in [2.05, 4.69) is 41.3 Å². The number of hydrogen-bond acceptors (Lipinski definition) is 8. The van der Waals surface area contributed by atoms with Crippen molar-refractivity contribution in [3.8, 4) is 0 Å². The fraction of sp³-hybridized carbons (Fsp3) is 0.156. The predicted molar refractivity (Wildman–Crippen MR) is 164 cm³/mol. The molecule has 0 spiro atoms. The van der Waals surface area contributed by atoms with Gasteiger partial charge >= 0.3 is 0 Å². The number of thiazole rings is 1. The van der Waals surface area contributed by atoms with Crippen molar-refractivity contribution in [1.82, 2.24) is 14.5 Å². The van der Waals surface area contributed by atoms with Gasteiger partial charge < -0.3 is 9.73 Å². The van der Waals surface area contributed by atoms with Gasteiger partial charge in [0.25, 0.3) is 11.5 Å². The average molecular weight is 594 g/mol. The number of allylic oxidation sites excluding steroid dienone is 1. The lowest BCUT2D eigenvalue weighted by atomic mass is 9.93. The van der Waals surface area contributed by atoms with E-state index in [0.717, 1.165) is 5.56 Å². The molecule has 5 aromatic rings. The van der Waals surface area contributed by atoms with Crippen LogP contribution < -0.4 is 20.2 Å². The first kappa shape index (κ1) is 27.6. The second-order valence-electron chi connectivity index (χ2n) is 10.0. The van der Waals surface area contributed by atoms with Gasteiger partial charge in [-0.15, -0.1) is 0 Å². The first-order chi connectivity index (χ1) is 20.4. The van der Waals surface area contributed by atoms with E-state index in [-0.39, 0.29) is 11.5 Å². The van der Waals surface area contributed by atoms with Crippen LogP contribution in [0.5, 0.6) is 0 Å². The van der Waals surface area contributed by atoms with Crippen molar-refractivity contribution in [2.24, 2.45) is 4.99 Å². The van der Waals surface area contributed by atoms with Gasteiger partial charge in [-0.1, -0.05) is 67.6 Å². The molecule has 10 heteroatoms. The Morgan fingerprint density at radius 1 is 1.02 bits per heavy atom. The molecule has 1 amide bonds. The van der Waals surface area contributed by atoms with E-state index in [0.29, 0.717) is 48.2 Å². The molecule has 0 unspecified atom stereocenters. The van der Waals surface area contributed by atoms with Crippen LogP contribution >= 0.6 is 23.1 Å². The Hall–Kier alpha value is -4.54. The molecule has 0 saturated carbocycles. The number of para-hydroxylation sites is 1. The zero-order valence-corrected chi connectivity index (χ0v) is 24.8. The summed E-state index contributed by atoms with van der Waals surface area (Å²) in [6.45, 7) is 6.08. The molecule has 0 radical (unpaired) electrons. The maximum absolute atomic E-state index is 14.0. The summed E-state index contributed by atoms with van der Waals surface area (Å²) < 4.78 is 8.02. The molecule has 6 rings (SSSR count). The number of hydrogen-bond donors (Lipinski definition) is 1. The highest BCUT2D eigenvalue weighted by Gasteiger charge is 2.32. The summed E-state index contributed by atoms with van der Waals surface area (Å²) in [5.41, 5.74) is 3.42. The molecule has 0 saturated heterocycles. The zero-order valence-electron chi connectivity index (χ0n) is 23.1. The highest BCUT2D eigenvalue weighted by molar-refractivity contribution is 7.99. The Bertz CT molecular complexity index is 1960. The molecule has 1 aliphatic heterocycles. The first-order valence-electron chi connectivity index (χ1n) is 13.4. The van der Waals surface area contributed by atoms with E-state index in [9.17, 15) is 9.59 Å². The van der Waals surface area contributed by atoms with Crippen LogP contribution in [0.3, 0.4) is 0 Å². The van der Waals surface area contributed by atoms with Gasteiger partial charge in [0.05, 0.1) is 21.8 Å². The number of nitrogens with one attached hydrogen (secondary N) is 1. The second kappa shape index (κ2) is 11.8. The lowest BCUT2D eigenvalue weighted by Gasteiger charge is -2.25. The number of benzene rings is 2. The minimum Gasteiger partial charge on any atom is -0.450 e. The van der Waals surface area contributed by atoms with Crippen LogP contribution in [0.25, 0.3) is 6.08 Å². The Labute approximate surface area is 250 Å². The fourth-order valence-electron chi connectivity index (χ4n) is 4.73. The standard InChI is InChI=1S/C32H27N5O3S2/c1-19(2)21-10-12-22(13-11-21)28-27(29(38)36-23-8-5-4-6-9-23)20(3)35-32-37(28)30(39)25(41-32)18-24-14-15-26(40-24)42-31-33-16-7-17-34-31/h4-19,28H,1-3H3,(H,36,38)/b25-18+/t28-/m1/s1. The molecule has 1 atom stereocenters. The minimum absolute atomic E-state index is 0.244. The second-order valence-corrected chi connectivity index (χ2v) is 12.0. The van der Waals surface area contributed by atoms with Gasteiger partial charge in [-0.25, -0.2) is 15.0 Å². The molecule has 1 aliphatic rings. The average Bonchev–Trinajstić information content (AvgIpc) is 3.56. The van der Waals surface area contributed by atoms with Crippen LogP contribution in [0.15, 0.2) is 121 Å². The molecule has 0 fully saturated rings. The van der Waals surface area contributed by atoms with E-state index in [1.54, 1.807) is 35.2 Å². The fourth-order valence-corrected chi connectivity index (χ4v) is 6.44. The molecular formula is C32H27N5O3S2. The number of carbonyl (C=O) groups is 1. The van der Waals surface area contributed by atoms with Crippen molar-refractivity contribution in [1.29, 1.82) is 0 Å². The summed E-state index contributed by atoms with van der Waals surface area (Å²) >= 11 is 2.57. The lowest BCUT2D eigenvalue weighted by Crippen LogP contribution is -2.40. The predicted octanol–water partition coefficient (Wildman–Crippen LogP) is 5.53. The van der Waals surface area contributed by atoms with Crippen LogP contribution in [0, 0.1) is 0 Å². The highest BCUT2D eigenvalue weighted by Crippen LogP contribution is 2.32.